The molecule has 0 atom stereocenters. The summed E-state index contributed by atoms with van der Waals surface area (Å²) in [5, 5.41) is 3.34. The number of nitrogens with zero attached hydrogens (tertiary/aromatic N) is 1. The number of carbonyl (C=O) groups is 1. The second-order valence-corrected chi connectivity index (χ2v) is 8.74. The van der Waals surface area contributed by atoms with Gasteiger partial charge in [0.15, 0.2) is 0 Å². The summed E-state index contributed by atoms with van der Waals surface area (Å²) in [5.41, 5.74) is 0.482. The molecule has 0 aliphatic heterocycles. The predicted molar refractivity (Wildman–Crippen MR) is 83.8 cm³/mol. The normalized spacial score (nSPS) is 40.5. The Bertz CT molecular complexity index is 380. The third kappa shape index (κ3) is 2.99. The number of hydrogen-bond acceptors (Lipinski definition) is 2. The minimum atomic E-state index is 0.298. The van der Waals surface area contributed by atoms with Crippen molar-refractivity contribution in [1.82, 2.24) is 10.2 Å². The van der Waals surface area contributed by atoms with Crippen LogP contribution in [0.5, 0.6) is 0 Å². The molecule has 0 aromatic carbocycles. The Morgan fingerprint density at radius 3 is 2.19 bits per heavy atom. The van der Waals surface area contributed by atoms with E-state index in [1.807, 2.05) is 11.9 Å². The molecular weight excluding hydrogens is 260 g/mol. The highest BCUT2D eigenvalue weighted by Crippen LogP contribution is 2.60. The Hall–Kier alpha value is -0.570. The lowest BCUT2D eigenvalue weighted by molar-refractivity contribution is -0.134. The number of likely N-dealkylation sites (N-methyl/N-ethyl adjacent to an activating group) is 1. The maximum absolute atomic E-state index is 12.3. The molecule has 0 unspecified atom stereocenters. The molecule has 1 N–H and O–H groups in total. The molecule has 0 aromatic rings. The average molecular weight is 290 g/mol. The van der Waals surface area contributed by atoms with Gasteiger partial charge in [-0.15, -0.1) is 0 Å². The predicted octanol–water partition coefficient (Wildman–Crippen LogP) is 2.66. The maximum atomic E-state index is 12.3. The minimum absolute atomic E-state index is 0.298. The number of carbonyl (C=O) groups excluding carboxylic acids is 1. The monoisotopic (exact) mass is 290 g/mol. The van der Waals surface area contributed by atoms with Gasteiger partial charge in [-0.3, -0.25) is 4.79 Å². The molecule has 5 saturated carbocycles. The summed E-state index contributed by atoms with van der Waals surface area (Å²) in [5.74, 6) is 4.09. The van der Waals surface area contributed by atoms with Crippen LogP contribution >= 0.6 is 0 Å². The molecule has 5 rings (SSSR count). The van der Waals surface area contributed by atoms with Crippen LogP contribution in [0, 0.1) is 29.1 Å². The van der Waals surface area contributed by atoms with Crippen molar-refractivity contribution in [3.8, 4) is 0 Å². The largest absolute Gasteiger partial charge is 0.344 e. The Morgan fingerprint density at radius 1 is 1.10 bits per heavy atom. The van der Waals surface area contributed by atoms with Crippen LogP contribution in [0.1, 0.15) is 51.4 Å². The minimum Gasteiger partial charge on any atom is -0.344 e. The summed E-state index contributed by atoms with van der Waals surface area (Å²) in [6.45, 7) is 2.59. The standard InChI is InChI=1S/C18H30N2O/c1-20(17(21)11-19-10-13-2-3-13)12-18-7-14-4-15(8-18)6-16(5-14)9-18/h13-16,19H,2-12H2,1H3. The first-order valence-corrected chi connectivity index (χ1v) is 9.07. The highest BCUT2D eigenvalue weighted by Gasteiger charge is 2.51. The molecule has 4 bridgehead atoms. The first-order chi connectivity index (χ1) is 10.1. The summed E-state index contributed by atoms with van der Waals surface area (Å²) in [7, 11) is 2.03. The lowest BCUT2D eigenvalue weighted by Crippen LogP contribution is -2.52. The summed E-state index contributed by atoms with van der Waals surface area (Å²) in [4.78, 5) is 14.4. The second kappa shape index (κ2) is 5.26. The molecule has 0 aromatic heterocycles. The van der Waals surface area contributed by atoms with Crippen molar-refractivity contribution in [2.75, 3.05) is 26.7 Å². The second-order valence-electron chi connectivity index (χ2n) is 8.74. The summed E-state index contributed by atoms with van der Waals surface area (Å²) >= 11 is 0. The van der Waals surface area contributed by atoms with E-state index in [4.69, 9.17) is 0 Å². The molecule has 3 nitrogen and oxygen atoms in total. The van der Waals surface area contributed by atoms with Crippen molar-refractivity contribution >= 4 is 5.91 Å². The van der Waals surface area contributed by atoms with Gasteiger partial charge in [0.1, 0.15) is 0 Å². The number of nitrogens with one attached hydrogen (secondary N) is 1. The quantitative estimate of drug-likeness (QED) is 0.815. The van der Waals surface area contributed by atoms with Gasteiger partial charge < -0.3 is 10.2 Å². The van der Waals surface area contributed by atoms with Gasteiger partial charge in [0.2, 0.25) is 5.91 Å². The van der Waals surface area contributed by atoms with E-state index < -0.39 is 0 Å². The van der Waals surface area contributed by atoms with Crippen LogP contribution in [0.4, 0.5) is 0 Å². The van der Waals surface area contributed by atoms with E-state index in [1.165, 1.54) is 51.4 Å². The fourth-order valence-electron chi connectivity index (χ4n) is 5.92. The fraction of sp³-hybridized carbons (Fsp3) is 0.944. The van der Waals surface area contributed by atoms with Crippen molar-refractivity contribution in [2.24, 2.45) is 29.1 Å². The molecule has 0 radical (unpaired) electrons. The molecule has 3 heteroatoms. The molecule has 5 fully saturated rings. The lowest BCUT2D eigenvalue weighted by atomic mass is 9.49. The van der Waals surface area contributed by atoms with Crippen LogP contribution in [0.2, 0.25) is 0 Å². The van der Waals surface area contributed by atoms with Crippen LogP contribution in [-0.2, 0) is 4.79 Å². The van der Waals surface area contributed by atoms with Gasteiger partial charge in [-0.05, 0) is 87.0 Å². The third-order valence-electron chi connectivity index (χ3n) is 6.57. The Balaban J connectivity index is 1.30. The Morgan fingerprint density at radius 2 is 1.67 bits per heavy atom. The molecule has 5 aliphatic carbocycles. The van der Waals surface area contributed by atoms with Gasteiger partial charge in [-0.25, -0.2) is 0 Å². The number of hydrogen-bond donors (Lipinski definition) is 1. The van der Waals surface area contributed by atoms with Gasteiger partial charge in [0.05, 0.1) is 6.54 Å². The topological polar surface area (TPSA) is 32.3 Å². The first-order valence-electron chi connectivity index (χ1n) is 9.07. The van der Waals surface area contributed by atoms with Crippen molar-refractivity contribution in [1.29, 1.82) is 0 Å². The molecule has 118 valence electrons. The number of amides is 1. The van der Waals surface area contributed by atoms with Crippen LogP contribution < -0.4 is 5.32 Å². The molecule has 0 heterocycles. The van der Waals surface area contributed by atoms with Crippen molar-refractivity contribution < 1.29 is 4.79 Å². The van der Waals surface area contributed by atoms with Crippen molar-refractivity contribution in [3.05, 3.63) is 0 Å². The smallest absolute Gasteiger partial charge is 0.236 e. The summed E-state index contributed by atoms with van der Waals surface area (Å²) in [6.07, 6.45) is 11.3. The van der Waals surface area contributed by atoms with E-state index >= 15 is 0 Å². The molecule has 0 saturated heterocycles. The maximum Gasteiger partial charge on any atom is 0.236 e. The van der Waals surface area contributed by atoms with Crippen LogP contribution in [0.3, 0.4) is 0 Å². The van der Waals surface area contributed by atoms with E-state index in [2.05, 4.69) is 5.32 Å². The zero-order valence-electron chi connectivity index (χ0n) is 13.4. The summed E-state index contributed by atoms with van der Waals surface area (Å²) < 4.78 is 0. The van der Waals surface area contributed by atoms with E-state index in [-0.39, 0.29) is 0 Å². The Kier molecular flexibility index (Phi) is 3.52. The fourth-order valence-corrected chi connectivity index (χ4v) is 5.92. The molecule has 21 heavy (non-hydrogen) atoms. The van der Waals surface area contributed by atoms with Gasteiger partial charge in [-0.2, -0.15) is 0 Å². The summed E-state index contributed by atoms with van der Waals surface area (Å²) in [6, 6.07) is 0. The Labute approximate surface area is 128 Å². The van der Waals surface area contributed by atoms with Crippen LogP contribution in [-0.4, -0.2) is 37.5 Å². The van der Waals surface area contributed by atoms with Gasteiger partial charge in [-0.1, -0.05) is 0 Å². The molecule has 0 spiro atoms. The van der Waals surface area contributed by atoms with Gasteiger partial charge in [0.25, 0.3) is 0 Å². The molecular formula is C18H30N2O. The van der Waals surface area contributed by atoms with Crippen LogP contribution in [0.15, 0.2) is 0 Å². The zero-order chi connectivity index (χ0) is 14.4. The number of rotatable bonds is 6. The van der Waals surface area contributed by atoms with Crippen LogP contribution in [0.25, 0.3) is 0 Å². The van der Waals surface area contributed by atoms with E-state index in [9.17, 15) is 4.79 Å². The SMILES string of the molecule is CN(CC12CC3CC(CC(C3)C1)C2)C(=O)CNCC1CC1. The molecule has 1 amide bonds. The average Bonchev–Trinajstić information content (AvgIpc) is 3.20. The zero-order valence-corrected chi connectivity index (χ0v) is 13.4. The van der Waals surface area contributed by atoms with E-state index in [0.717, 1.165) is 36.8 Å². The van der Waals surface area contributed by atoms with Crippen molar-refractivity contribution in [2.45, 2.75) is 51.4 Å². The van der Waals surface area contributed by atoms with Gasteiger partial charge in [0, 0.05) is 13.6 Å². The van der Waals surface area contributed by atoms with Gasteiger partial charge >= 0.3 is 0 Å². The highest BCUT2D eigenvalue weighted by atomic mass is 16.2. The van der Waals surface area contributed by atoms with Crippen molar-refractivity contribution in [3.63, 3.8) is 0 Å². The first kappa shape index (κ1) is 14.0. The third-order valence-corrected chi connectivity index (χ3v) is 6.57. The molecule has 5 aliphatic rings. The lowest BCUT2D eigenvalue weighted by Gasteiger charge is -2.57. The van der Waals surface area contributed by atoms with E-state index in [0.29, 0.717) is 17.9 Å². The van der Waals surface area contributed by atoms with E-state index in [1.54, 1.807) is 0 Å². The highest BCUT2D eigenvalue weighted by molar-refractivity contribution is 5.78.